The summed E-state index contributed by atoms with van der Waals surface area (Å²) in [6.07, 6.45) is 1.00. The third kappa shape index (κ3) is 3.79. The van der Waals surface area contributed by atoms with Crippen LogP contribution >= 0.6 is 0 Å². The number of phenols is 1. The molecule has 23 heavy (non-hydrogen) atoms. The van der Waals surface area contributed by atoms with E-state index in [0.29, 0.717) is 0 Å². The Hall–Kier alpha value is -2.59. The van der Waals surface area contributed by atoms with Gasteiger partial charge >= 0.3 is 11.9 Å². The van der Waals surface area contributed by atoms with Gasteiger partial charge in [0.25, 0.3) is 15.9 Å². The molecule has 124 valence electrons. The van der Waals surface area contributed by atoms with Crippen LogP contribution in [0.3, 0.4) is 0 Å². The zero-order valence-electron chi connectivity index (χ0n) is 12.1. The fraction of sp³-hybridized carbons (Fsp3) is 0.231. The Kier molecular flexibility index (Phi) is 4.05. The number of carbonyl (C=O) groups is 2. The standard InChI is InChI=1S/C13H13NO8S/c1-13(2)21-11(16)8(12(17)22-13)6-14-7-3-4-10(9(15)5-7)23(18,19)20/h3-6,14-15H,1-2H3,(H,18,19,20). The van der Waals surface area contributed by atoms with Crippen LogP contribution in [0.15, 0.2) is 34.9 Å². The van der Waals surface area contributed by atoms with E-state index in [9.17, 15) is 23.1 Å². The van der Waals surface area contributed by atoms with Gasteiger partial charge in [0.15, 0.2) is 5.57 Å². The summed E-state index contributed by atoms with van der Waals surface area (Å²) in [5.41, 5.74) is -0.240. The van der Waals surface area contributed by atoms with Crippen LogP contribution in [-0.2, 0) is 29.2 Å². The minimum atomic E-state index is -4.56. The van der Waals surface area contributed by atoms with Crippen molar-refractivity contribution in [3.63, 3.8) is 0 Å². The van der Waals surface area contributed by atoms with Crippen molar-refractivity contribution in [3.05, 3.63) is 30.0 Å². The Bertz CT molecular complexity index is 787. The van der Waals surface area contributed by atoms with Crippen molar-refractivity contribution < 1.29 is 37.1 Å². The lowest BCUT2D eigenvalue weighted by atomic mass is 10.2. The Morgan fingerprint density at radius 3 is 2.22 bits per heavy atom. The van der Waals surface area contributed by atoms with E-state index >= 15 is 0 Å². The molecule has 0 radical (unpaired) electrons. The minimum Gasteiger partial charge on any atom is -0.506 e. The number of hydrogen-bond acceptors (Lipinski definition) is 8. The summed E-state index contributed by atoms with van der Waals surface area (Å²) >= 11 is 0. The van der Waals surface area contributed by atoms with Crippen LogP contribution in [0.25, 0.3) is 0 Å². The molecule has 9 nitrogen and oxygen atoms in total. The van der Waals surface area contributed by atoms with Crippen molar-refractivity contribution in [2.45, 2.75) is 24.5 Å². The fourth-order valence-corrected chi connectivity index (χ4v) is 2.32. The largest absolute Gasteiger partial charge is 0.506 e. The van der Waals surface area contributed by atoms with Gasteiger partial charge < -0.3 is 19.9 Å². The summed E-state index contributed by atoms with van der Waals surface area (Å²) in [4.78, 5) is 22.7. The lowest BCUT2D eigenvalue weighted by Gasteiger charge is -2.29. The number of esters is 2. The molecule has 0 bridgehead atoms. The number of phenolic OH excluding ortho intramolecular Hbond substituents is 1. The quantitative estimate of drug-likeness (QED) is 0.314. The van der Waals surface area contributed by atoms with E-state index < -0.39 is 44.1 Å². The highest BCUT2D eigenvalue weighted by atomic mass is 32.2. The maximum atomic E-state index is 11.7. The molecule has 0 unspecified atom stereocenters. The van der Waals surface area contributed by atoms with Crippen LogP contribution in [0.5, 0.6) is 5.75 Å². The van der Waals surface area contributed by atoms with Gasteiger partial charge in [-0.3, -0.25) is 4.55 Å². The van der Waals surface area contributed by atoms with Gasteiger partial charge in [-0.05, 0) is 12.1 Å². The first kappa shape index (κ1) is 16.8. The number of anilines is 1. The second-order valence-corrected chi connectivity index (χ2v) is 6.43. The molecule has 0 aromatic heterocycles. The zero-order chi connectivity index (χ0) is 17.4. The molecule has 3 N–H and O–H groups in total. The molecule has 1 aliphatic rings. The average molecular weight is 343 g/mol. The van der Waals surface area contributed by atoms with Crippen molar-refractivity contribution in [3.8, 4) is 5.75 Å². The SMILES string of the molecule is CC1(C)OC(=O)C(=CNc2ccc(S(=O)(=O)O)c(O)c2)C(=O)O1. The predicted octanol–water partition coefficient (Wildman–Crippen LogP) is 0.771. The second kappa shape index (κ2) is 5.56. The van der Waals surface area contributed by atoms with Crippen LogP contribution < -0.4 is 5.32 Å². The molecule has 1 heterocycles. The summed E-state index contributed by atoms with van der Waals surface area (Å²) in [7, 11) is -4.56. The number of hydrogen-bond donors (Lipinski definition) is 3. The van der Waals surface area contributed by atoms with Crippen molar-refractivity contribution in [1.82, 2.24) is 0 Å². The molecule has 1 aliphatic heterocycles. The molecule has 1 aromatic carbocycles. The van der Waals surface area contributed by atoms with Crippen LogP contribution in [0.2, 0.25) is 0 Å². The topological polar surface area (TPSA) is 139 Å². The van der Waals surface area contributed by atoms with E-state index in [4.69, 9.17) is 14.0 Å². The number of rotatable bonds is 3. The Balaban J connectivity index is 2.22. The van der Waals surface area contributed by atoms with Gasteiger partial charge in [-0.2, -0.15) is 8.42 Å². The van der Waals surface area contributed by atoms with Gasteiger partial charge in [0, 0.05) is 31.8 Å². The molecule has 0 amide bonds. The first-order valence-electron chi connectivity index (χ1n) is 6.23. The lowest BCUT2D eigenvalue weighted by molar-refractivity contribution is -0.222. The highest BCUT2D eigenvalue weighted by Gasteiger charge is 2.38. The maximum absolute atomic E-state index is 11.7. The van der Waals surface area contributed by atoms with Crippen molar-refractivity contribution in [1.29, 1.82) is 0 Å². The smallest absolute Gasteiger partial charge is 0.350 e. The highest BCUT2D eigenvalue weighted by molar-refractivity contribution is 7.86. The first-order chi connectivity index (χ1) is 10.5. The molecule has 0 saturated carbocycles. The molecule has 2 rings (SSSR count). The molecule has 1 saturated heterocycles. The highest BCUT2D eigenvalue weighted by Crippen LogP contribution is 2.27. The number of ether oxygens (including phenoxy) is 2. The van der Waals surface area contributed by atoms with Crippen molar-refractivity contribution in [2.24, 2.45) is 0 Å². The van der Waals surface area contributed by atoms with Crippen molar-refractivity contribution >= 4 is 27.7 Å². The van der Waals surface area contributed by atoms with E-state index in [0.717, 1.165) is 18.3 Å². The molecule has 10 heteroatoms. The number of benzene rings is 1. The molecule has 0 spiro atoms. The number of aromatic hydroxyl groups is 1. The van der Waals surface area contributed by atoms with Gasteiger partial charge in [-0.1, -0.05) is 0 Å². The Labute approximate surface area is 131 Å². The van der Waals surface area contributed by atoms with Gasteiger partial charge in [0.05, 0.1) is 0 Å². The van der Waals surface area contributed by atoms with Crippen molar-refractivity contribution in [2.75, 3.05) is 5.32 Å². The van der Waals surface area contributed by atoms with E-state index in [-0.39, 0.29) is 5.69 Å². The monoisotopic (exact) mass is 343 g/mol. The molecular weight excluding hydrogens is 330 g/mol. The third-order valence-corrected chi connectivity index (χ3v) is 3.64. The molecule has 1 fully saturated rings. The van der Waals surface area contributed by atoms with E-state index in [1.165, 1.54) is 19.9 Å². The van der Waals surface area contributed by atoms with Gasteiger partial charge in [-0.25, -0.2) is 9.59 Å². The van der Waals surface area contributed by atoms with Gasteiger partial charge in [-0.15, -0.1) is 0 Å². The number of carbonyl (C=O) groups excluding carboxylic acids is 2. The predicted molar refractivity (Wildman–Crippen MR) is 75.9 cm³/mol. The second-order valence-electron chi connectivity index (χ2n) is 5.04. The molecular formula is C13H13NO8S. The van der Waals surface area contributed by atoms with Crippen LogP contribution in [-0.4, -0.2) is 35.8 Å². The maximum Gasteiger partial charge on any atom is 0.350 e. The fourth-order valence-electron chi connectivity index (χ4n) is 1.76. The molecule has 1 aromatic rings. The van der Waals surface area contributed by atoms with Crippen LogP contribution in [0, 0.1) is 0 Å². The molecule has 0 aliphatic carbocycles. The summed E-state index contributed by atoms with van der Waals surface area (Å²) in [5.74, 6) is -3.85. The minimum absolute atomic E-state index is 0.160. The van der Waals surface area contributed by atoms with Gasteiger partial charge in [0.2, 0.25) is 0 Å². The average Bonchev–Trinajstić information content (AvgIpc) is 2.34. The normalized spacial score (nSPS) is 17.3. The molecule has 0 atom stereocenters. The summed E-state index contributed by atoms with van der Waals surface area (Å²) < 4.78 is 40.5. The van der Waals surface area contributed by atoms with Crippen LogP contribution in [0.1, 0.15) is 13.8 Å². The van der Waals surface area contributed by atoms with E-state index in [2.05, 4.69) is 5.32 Å². The van der Waals surface area contributed by atoms with Gasteiger partial charge in [0.1, 0.15) is 10.6 Å². The van der Waals surface area contributed by atoms with E-state index in [1.807, 2.05) is 0 Å². The Morgan fingerprint density at radius 1 is 1.17 bits per heavy atom. The summed E-state index contributed by atoms with van der Waals surface area (Å²) in [6.45, 7) is 2.80. The lowest BCUT2D eigenvalue weighted by Crippen LogP contribution is -2.42. The summed E-state index contributed by atoms with van der Waals surface area (Å²) in [5, 5.41) is 12.1. The first-order valence-corrected chi connectivity index (χ1v) is 7.67. The number of nitrogens with one attached hydrogen (secondary N) is 1. The Morgan fingerprint density at radius 2 is 1.74 bits per heavy atom. The third-order valence-electron chi connectivity index (χ3n) is 2.74. The van der Waals surface area contributed by atoms with Crippen LogP contribution in [0.4, 0.5) is 5.69 Å². The zero-order valence-corrected chi connectivity index (χ0v) is 12.9. The number of cyclic esters (lactones) is 2. The summed E-state index contributed by atoms with van der Waals surface area (Å²) in [6, 6.07) is 3.15. The van der Waals surface area contributed by atoms with E-state index in [1.54, 1.807) is 0 Å².